The van der Waals surface area contributed by atoms with Crippen molar-refractivity contribution in [3.8, 4) is 10.7 Å². The van der Waals surface area contributed by atoms with E-state index in [9.17, 15) is 14.7 Å². The zero-order valence-electron chi connectivity index (χ0n) is 16.5. The predicted molar refractivity (Wildman–Crippen MR) is 112 cm³/mol. The highest BCUT2D eigenvalue weighted by molar-refractivity contribution is 7.99. The largest absolute Gasteiger partial charge is 0.480 e. The Morgan fingerprint density at radius 1 is 1.45 bits per heavy atom. The fourth-order valence-electron chi connectivity index (χ4n) is 3.20. The molecule has 29 heavy (non-hydrogen) atoms. The van der Waals surface area contributed by atoms with Crippen molar-refractivity contribution < 1.29 is 19.4 Å². The number of nitrogens with one attached hydrogen (secondary N) is 1. The van der Waals surface area contributed by atoms with E-state index in [1.165, 1.54) is 11.8 Å². The Hall–Kier alpha value is -1.91. The Bertz CT molecular complexity index is 816. The summed E-state index contributed by atoms with van der Waals surface area (Å²) in [5, 5.41) is 23.1. The molecule has 2 N–H and O–H groups in total. The second-order valence-electron chi connectivity index (χ2n) is 7.41. The van der Waals surface area contributed by atoms with Gasteiger partial charge in [-0.1, -0.05) is 31.7 Å². The number of hydrogen-bond donors (Lipinski definition) is 2. The number of aliphatic carboxylic acids is 1. The molecule has 1 aliphatic rings. The number of carbonyl (C=O) groups is 2. The number of thiophene rings is 1. The van der Waals surface area contributed by atoms with Crippen LogP contribution in [0.4, 0.5) is 0 Å². The minimum absolute atomic E-state index is 0.0793. The maximum atomic E-state index is 12.3. The van der Waals surface area contributed by atoms with Gasteiger partial charge in [-0.05, 0) is 36.6 Å². The summed E-state index contributed by atoms with van der Waals surface area (Å²) in [6.45, 7) is 5.25. The summed E-state index contributed by atoms with van der Waals surface area (Å²) < 4.78 is 7.77. The second kappa shape index (κ2) is 10.2. The molecule has 3 heterocycles. The number of hydrogen-bond acceptors (Lipinski definition) is 7. The van der Waals surface area contributed by atoms with Crippen molar-refractivity contribution in [3.63, 3.8) is 0 Å². The normalized spacial score (nSPS) is 17.6. The molecular formula is C19H26N4O4S2. The Balaban J connectivity index is 1.68. The van der Waals surface area contributed by atoms with Gasteiger partial charge in [0.25, 0.3) is 0 Å². The van der Waals surface area contributed by atoms with Gasteiger partial charge in [0.15, 0.2) is 11.0 Å². The molecule has 0 aromatic carbocycles. The molecule has 1 fully saturated rings. The molecule has 2 atom stereocenters. The number of carbonyl (C=O) groups excluding carboxylic acids is 1. The molecule has 1 saturated heterocycles. The minimum Gasteiger partial charge on any atom is -0.480 e. The highest BCUT2D eigenvalue weighted by Crippen LogP contribution is 2.29. The van der Waals surface area contributed by atoms with Gasteiger partial charge in [0.05, 0.1) is 23.3 Å². The molecule has 1 amide bonds. The first-order valence-corrected chi connectivity index (χ1v) is 11.5. The number of thioether (sulfide) groups is 1. The monoisotopic (exact) mass is 438 g/mol. The fraction of sp³-hybridized carbons (Fsp3) is 0.579. The van der Waals surface area contributed by atoms with E-state index in [-0.39, 0.29) is 23.7 Å². The lowest BCUT2D eigenvalue weighted by molar-refractivity contribution is -0.141. The van der Waals surface area contributed by atoms with Crippen molar-refractivity contribution in [2.24, 2.45) is 5.92 Å². The van der Waals surface area contributed by atoms with Crippen LogP contribution >= 0.6 is 23.1 Å². The average Bonchev–Trinajstić information content (AvgIpc) is 3.41. The minimum atomic E-state index is -1.02. The maximum absolute atomic E-state index is 12.3. The van der Waals surface area contributed by atoms with Crippen LogP contribution in [0, 0.1) is 5.92 Å². The van der Waals surface area contributed by atoms with Crippen LogP contribution in [0.2, 0.25) is 0 Å². The zero-order chi connectivity index (χ0) is 20.8. The SMILES string of the molecule is CC(C)C[C@H](NC(=O)CSc1nnc(-c2cccs2)n1C[C@@H]1CCCO1)C(=O)O. The smallest absolute Gasteiger partial charge is 0.326 e. The van der Waals surface area contributed by atoms with Crippen molar-refractivity contribution in [2.75, 3.05) is 12.4 Å². The summed E-state index contributed by atoms with van der Waals surface area (Å²) in [6, 6.07) is 3.08. The lowest BCUT2D eigenvalue weighted by atomic mass is 10.0. The molecule has 0 saturated carbocycles. The third-order valence-electron chi connectivity index (χ3n) is 4.54. The Morgan fingerprint density at radius 2 is 2.28 bits per heavy atom. The van der Waals surface area contributed by atoms with E-state index in [0.29, 0.717) is 18.1 Å². The highest BCUT2D eigenvalue weighted by Gasteiger charge is 2.24. The van der Waals surface area contributed by atoms with E-state index in [1.807, 2.05) is 35.9 Å². The molecule has 0 radical (unpaired) electrons. The van der Waals surface area contributed by atoms with Crippen LogP contribution in [0.5, 0.6) is 0 Å². The van der Waals surface area contributed by atoms with E-state index >= 15 is 0 Å². The van der Waals surface area contributed by atoms with Gasteiger partial charge in [0.2, 0.25) is 5.91 Å². The van der Waals surface area contributed by atoms with Gasteiger partial charge in [-0.2, -0.15) is 0 Å². The number of carboxylic acid groups (broad SMARTS) is 1. The van der Waals surface area contributed by atoms with Crippen LogP contribution in [0.15, 0.2) is 22.7 Å². The number of ether oxygens (including phenoxy) is 1. The number of carboxylic acids is 1. The van der Waals surface area contributed by atoms with Gasteiger partial charge >= 0.3 is 5.97 Å². The van der Waals surface area contributed by atoms with Crippen molar-refractivity contribution in [3.05, 3.63) is 17.5 Å². The van der Waals surface area contributed by atoms with Crippen LogP contribution in [-0.4, -0.2) is 56.3 Å². The Labute approximate surface area is 178 Å². The fourth-order valence-corrected chi connectivity index (χ4v) is 4.68. The molecule has 8 nitrogen and oxygen atoms in total. The zero-order valence-corrected chi connectivity index (χ0v) is 18.2. The maximum Gasteiger partial charge on any atom is 0.326 e. The van der Waals surface area contributed by atoms with Crippen LogP contribution in [0.25, 0.3) is 10.7 Å². The predicted octanol–water partition coefficient (Wildman–Crippen LogP) is 2.89. The van der Waals surface area contributed by atoms with E-state index in [0.717, 1.165) is 30.2 Å². The van der Waals surface area contributed by atoms with E-state index < -0.39 is 12.0 Å². The van der Waals surface area contributed by atoms with E-state index in [2.05, 4.69) is 15.5 Å². The highest BCUT2D eigenvalue weighted by atomic mass is 32.2. The number of rotatable bonds is 10. The molecule has 2 aromatic rings. The molecule has 2 aromatic heterocycles. The number of nitrogens with zero attached hydrogens (tertiary/aromatic N) is 3. The van der Waals surface area contributed by atoms with Gasteiger partial charge in [-0.3, -0.25) is 9.36 Å². The van der Waals surface area contributed by atoms with Gasteiger partial charge in [-0.15, -0.1) is 21.5 Å². The first-order valence-electron chi connectivity index (χ1n) is 9.67. The average molecular weight is 439 g/mol. The van der Waals surface area contributed by atoms with Crippen LogP contribution < -0.4 is 5.32 Å². The quantitative estimate of drug-likeness (QED) is 0.549. The summed E-state index contributed by atoms with van der Waals surface area (Å²) in [4.78, 5) is 24.7. The van der Waals surface area contributed by atoms with Crippen LogP contribution in [0.1, 0.15) is 33.1 Å². The van der Waals surface area contributed by atoms with Crippen molar-refractivity contribution in [2.45, 2.75) is 57.0 Å². The third kappa shape index (κ3) is 6.03. The van der Waals surface area contributed by atoms with Gasteiger partial charge in [0.1, 0.15) is 6.04 Å². The summed E-state index contributed by atoms with van der Waals surface area (Å²) in [5.74, 6) is -0.324. The molecule has 0 spiro atoms. The summed E-state index contributed by atoms with van der Waals surface area (Å²) in [6.07, 6.45) is 2.53. The lowest BCUT2D eigenvalue weighted by Crippen LogP contribution is -2.42. The van der Waals surface area contributed by atoms with Crippen molar-refractivity contribution in [1.29, 1.82) is 0 Å². The molecule has 158 valence electrons. The standard InChI is InChI=1S/C19H26N4O4S2/c1-12(2)9-14(18(25)26)20-16(24)11-29-19-22-21-17(15-6-4-8-28-15)23(19)10-13-5-3-7-27-13/h4,6,8,12-14H,3,5,7,9-11H2,1-2H3,(H,20,24)(H,25,26)/t13-,14-/m0/s1. The Morgan fingerprint density at radius 3 is 2.90 bits per heavy atom. The Kier molecular flexibility index (Phi) is 7.68. The molecular weight excluding hydrogens is 412 g/mol. The van der Waals surface area contributed by atoms with Crippen molar-refractivity contribution in [1.82, 2.24) is 20.1 Å². The van der Waals surface area contributed by atoms with E-state index in [1.54, 1.807) is 11.3 Å². The summed E-state index contributed by atoms with van der Waals surface area (Å²) in [7, 11) is 0. The lowest BCUT2D eigenvalue weighted by Gasteiger charge is -2.17. The molecule has 0 unspecified atom stereocenters. The molecule has 3 rings (SSSR count). The van der Waals surface area contributed by atoms with Gasteiger partial charge in [0, 0.05) is 6.61 Å². The topological polar surface area (TPSA) is 106 Å². The summed E-state index contributed by atoms with van der Waals surface area (Å²) in [5.41, 5.74) is 0. The van der Waals surface area contributed by atoms with Gasteiger partial charge in [-0.25, -0.2) is 4.79 Å². The van der Waals surface area contributed by atoms with Crippen LogP contribution in [0.3, 0.4) is 0 Å². The molecule has 10 heteroatoms. The van der Waals surface area contributed by atoms with Crippen LogP contribution in [-0.2, 0) is 20.9 Å². The first kappa shape index (κ1) is 21.8. The molecule has 1 aliphatic heterocycles. The second-order valence-corrected chi connectivity index (χ2v) is 9.30. The molecule has 0 aliphatic carbocycles. The number of amides is 1. The van der Waals surface area contributed by atoms with Crippen molar-refractivity contribution >= 4 is 35.0 Å². The summed E-state index contributed by atoms with van der Waals surface area (Å²) >= 11 is 2.85. The third-order valence-corrected chi connectivity index (χ3v) is 6.37. The molecule has 0 bridgehead atoms. The van der Waals surface area contributed by atoms with Gasteiger partial charge < -0.3 is 15.2 Å². The number of aromatic nitrogens is 3. The first-order chi connectivity index (χ1) is 13.9. The van der Waals surface area contributed by atoms with E-state index in [4.69, 9.17) is 4.74 Å².